The molecule has 3 heterocycles. The smallest absolute Gasteiger partial charge is 0.275 e. The molecule has 1 fully saturated rings. The Labute approximate surface area is 182 Å². The fourth-order valence-electron chi connectivity index (χ4n) is 3.21. The van der Waals surface area contributed by atoms with Crippen LogP contribution < -0.4 is 10.1 Å². The van der Waals surface area contributed by atoms with Gasteiger partial charge >= 0.3 is 0 Å². The summed E-state index contributed by atoms with van der Waals surface area (Å²) in [6.45, 7) is 3.07. The standard InChI is InChI=1S/C21H22N4O3S2/c1-24-6-8-25(9-7-24)21(27)14-3-4-18(28-2)16(11-14)22-19(26)17-13-30-20(23-17)15-5-10-29-12-15/h3-5,10-13H,6-9H2,1-2H3,(H,22,26). The van der Waals surface area contributed by atoms with E-state index in [-0.39, 0.29) is 11.8 Å². The second-order valence-corrected chi connectivity index (χ2v) is 8.65. The number of carbonyl (C=O) groups excluding carboxylic acids is 2. The molecule has 0 bridgehead atoms. The summed E-state index contributed by atoms with van der Waals surface area (Å²) in [5, 5.41) is 9.35. The lowest BCUT2D eigenvalue weighted by molar-refractivity contribution is 0.0664. The maximum atomic E-state index is 12.9. The zero-order valence-corrected chi connectivity index (χ0v) is 18.4. The molecular formula is C21H22N4O3S2. The zero-order valence-electron chi connectivity index (χ0n) is 16.8. The van der Waals surface area contributed by atoms with Crippen molar-refractivity contribution in [2.24, 2.45) is 0 Å². The molecule has 2 aromatic heterocycles. The van der Waals surface area contributed by atoms with E-state index in [4.69, 9.17) is 4.74 Å². The van der Waals surface area contributed by atoms with Gasteiger partial charge in [-0.15, -0.1) is 11.3 Å². The minimum Gasteiger partial charge on any atom is -0.495 e. The summed E-state index contributed by atoms with van der Waals surface area (Å²) < 4.78 is 5.38. The summed E-state index contributed by atoms with van der Waals surface area (Å²) in [5.74, 6) is 0.108. The molecule has 3 aromatic rings. The fourth-order valence-corrected chi connectivity index (χ4v) is 4.73. The highest BCUT2D eigenvalue weighted by Gasteiger charge is 2.22. The third-order valence-electron chi connectivity index (χ3n) is 4.99. The van der Waals surface area contributed by atoms with Gasteiger partial charge in [-0.25, -0.2) is 4.98 Å². The Kier molecular flexibility index (Phi) is 6.12. The molecule has 0 radical (unpaired) electrons. The molecule has 4 rings (SSSR count). The molecule has 1 N–H and O–H groups in total. The van der Waals surface area contributed by atoms with E-state index in [1.54, 1.807) is 34.9 Å². The van der Waals surface area contributed by atoms with E-state index in [0.717, 1.165) is 23.7 Å². The van der Waals surface area contributed by atoms with Crippen LogP contribution >= 0.6 is 22.7 Å². The van der Waals surface area contributed by atoms with Gasteiger partial charge in [0.05, 0.1) is 12.8 Å². The first-order valence-electron chi connectivity index (χ1n) is 9.50. The van der Waals surface area contributed by atoms with Gasteiger partial charge in [0.2, 0.25) is 0 Å². The van der Waals surface area contributed by atoms with Crippen molar-refractivity contribution < 1.29 is 14.3 Å². The Morgan fingerprint density at radius 2 is 1.93 bits per heavy atom. The molecule has 0 unspecified atom stereocenters. The number of nitrogens with zero attached hydrogens (tertiary/aromatic N) is 3. The van der Waals surface area contributed by atoms with Crippen LogP contribution in [-0.2, 0) is 0 Å². The van der Waals surface area contributed by atoms with Crippen LogP contribution in [0.4, 0.5) is 5.69 Å². The molecule has 0 atom stereocenters. The number of ether oxygens (including phenoxy) is 1. The van der Waals surface area contributed by atoms with Crippen LogP contribution in [0.2, 0.25) is 0 Å². The lowest BCUT2D eigenvalue weighted by atomic mass is 10.1. The van der Waals surface area contributed by atoms with E-state index in [1.165, 1.54) is 18.4 Å². The van der Waals surface area contributed by atoms with E-state index in [1.807, 2.05) is 28.8 Å². The number of likely N-dealkylation sites (N-methyl/N-ethyl adjacent to an activating group) is 1. The van der Waals surface area contributed by atoms with Gasteiger partial charge in [-0.2, -0.15) is 11.3 Å². The van der Waals surface area contributed by atoms with E-state index < -0.39 is 0 Å². The summed E-state index contributed by atoms with van der Waals surface area (Å²) in [6, 6.07) is 7.08. The summed E-state index contributed by atoms with van der Waals surface area (Å²) >= 11 is 3.01. The number of piperazine rings is 1. The van der Waals surface area contributed by atoms with Crippen molar-refractivity contribution in [1.29, 1.82) is 0 Å². The van der Waals surface area contributed by atoms with Crippen molar-refractivity contribution in [1.82, 2.24) is 14.8 Å². The molecule has 0 spiro atoms. The molecule has 156 valence electrons. The first-order valence-corrected chi connectivity index (χ1v) is 11.3. The average molecular weight is 443 g/mol. The van der Waals surface area contributed by atoms with Gasteiger partial charge in [-0.3, -0.25) is 9.59 Å². The quantitative estimate of drug-likeness (QED) is 0.654. The number of anilines is 1. The second-order valence-electron chi connectivity index (χ2n) is 7.01. The highest BCUT2D eigenvalue weighted by atomic mass is 32.1. The number of rotatable bonds is 5. The van der Waals surface area contributed by atoms with Crippen molar-refractivity contribution in [2.45, 2.75) is 0 Å². The van der Waals surface area contributed by atoms with Crippen LogP contribution in [-0.4, -0.2) is 66.9 Å². The first-order chi connectivity index (χ1) is 14.5. The predicted octanol–water partition coefficient (Wildman–Crippen LogP) is 3.52. The topological polar surface area (TPSA) is 74.8 Å². The molecule has 1 aliphatic rings. The van der Waals surface area contributed by atoms with Crippen molar-refractivity contribution in [3.63, 3.8) is 0 Å². The Hall–Kier alpha value is -2.75. The number of methoxy groups -OCH3 is 1. The molecular weight excluding hydrogens is 420 g/mol. The Balaban J connectivity index is 1.52. The van der Waals surface area contributed by atoms with Gasteiger partial charge in [-0.05, 0) is 36.7 Å². The maximum Gasteiger partial charge on any atom is 0.275 e. The lowest BCUT2D eigenvalue weighted by Crippen LogP contribution is -2.47. The number of hydrogen-bond donors (Lipinski definition) is 1. The van der Waals surface area contributed by atoms with Gasteiger partial charge < -0.3 is 19.9 Å². The first kappa shape index (κ1) is 20.5. The van der Waals surface area contributed by atoms with Crippen molar-refractivity contribution in [2.75, 3.05) is 45.7 Å². The number of aromatic nitrogens is 1. The minimum absolute atomic E-state index is 0.0466. The average Bonchev–Trinajstić information content (AvgIpc) is 3.45. The van der Waals surface area contributed by atoms with Crippen molar-refractivity contribution in [3.05, 3.63) is 51.7 Å². The highest BCUT2D eigenvalue weighted by molar-refractivity contribution is 7.14. The Morgan fingerprint density at radius 3 is 2.63 bits per heavy atom. The number of amides is 2. The number of thiophene rings is 1. The number of carbonyl (C=O) groups is 2. The van der Waals surface area contributed by atoms with Crippen LogP contribution in [0.3, 0.4) is 0 Å². The summed E-state index contributed by atoms with van der Waals surface area (Å²) in [6.07, 6.45) is 0. The molecule has 2 amide bonds. The molecule has 30 heavy (non-hydrogen) atoms. The summed E-state index contributed by atoms with van der Waals surface area (Å²) in [4.78, 5) is 34.1. The number of thiazole rings is 1. The maximum absolute atomic E-state index is 12.9. The summed E-state index contributed by atoms with van der Waals surface area (Å²) in [5.41, 5.74) is 2.31. The van der Waals surface area contributed by atoms with Crippen LogP contribution in [0.25, 0.3) is 10.6 Å². The molecule has 1 aromatic carbocycles. The number of hydrogen-bond acceptors (Lipinski definition) is 7. The van der Waals surface area contributed by atoms with E-state index in [2.05, 4.69) is 15.2 Å². The van der Waals surface area contributed by atoms with E-state index in [0.29, 0.717) is 35.8 Å². The van der Waals surface area contributed by atoms with Crippen LogP contribution in [0.5, 0.6) is 5.75 Å². The van der Waals surface area contributed by atoms with Crippen LogP contribution in [0.15, 0.2) is 40.4 Å². The van der Waals surface area contributed by atoms with Gasteiger partial charge in [0.15, 0.2) is 0 Å². The van der Waals surface area contributed by atoms with Gasteiger partial charge in [0.1, 0.15) is 16.5 Å². The Bertz CT molecular complexity index is 1040. The lowest BCUT2D eigenvalue weighted by Gasteiger charge is -2.32. The number of nitrogens with one attached hydrogen (secondary N) is 1. The normalized spacial score (nSPS) is 14.5. The molecule has 1 saturated heterocycles. The fraction of sp³-hybridized carbons (Fsp3) is 0.286. The van der Waals surface area contributed by atoms with Gasteiger partial charge in [0.25, 0.3) is 11.8 Å². The molecule has 9 heteroatoms. The Morgan fingerprint density at radius 1 is 1.13 bits per heavy atom. The predicted molar refractivity (Wildman–Crippen MR) is 120 cm³/mol. The van der Waals surface area contributed by atoms with E-state index in [9.17, 15) is 9.59 Å². The zero-order chi connectivity index (χ0) is 21.1. The highest BCUT2D eigenvalue weighted by Crippen LogP contribution is 2.29. The van der Waals surface area contributed by atoms with Crippen molar-refractivity contribution in [3.8, 4) is 16.3 Å². The minimum atomic E-state index is -0.338. The third kappa shape index (κ3) is 4.38. The number of benzene rings is 1. The SMILES string of the molecule is COc1ccc(C(=O)N2CCN(C)CC2)cc1NC(=O)c1csc(-c2ccsc2)n1. The second kappa shape index (κ2) is 8.95. The van der Waals surface area contributed by atoms with Crippen molar-refractivity contribution >= 4 is 40.2 Å². The monoisotopic (exact) mass is 442 g/mol. The third-order valence-corrected chi connectivity index (χ3v) is 6.56. The largest absolute Gasteiger partial charge is 0.495 e. The molecule has 0 saturated carbocycles. The van der Waals surface area contributed by atoms with Gasteiger partial charge in [-0.1, -0.05) is 0 Å². The molecule has 0 aliphatic carbocycles. The van der Waals surface area contributed by atoms with Crippen LogP contribution in [0.1, 0.15) is 20.8 Å². The molecule has 7 nitrogen and oxygen atoms in total. The molecule has 1 aliphatic heterocycles. The van der Waals surface area contributed by atoms with Gasteiger partial charge in [0, 0.05) is 48.1 Å². The summed E-state index contributed by atoms with van der Waals surface area (Å²) in [7, 11) is 3.58. The van der Waals surface area contributed by atoms with Crippen LogP contribution in [0, 0.1) is 0 Å². The van der Waals surface area contributed by atoms with E-state index >= 15 is 0 Å².